The smallest absolute Gasteiger partial charge is 0.234 e. The summed E-state index contributed by atoms with van der Waals surface area (Å²) in [6.45, 7) is 2.62. The molecule has 0 spiro atoms. The lowest BCUT2D eigenvalue weighted by Crippen LogP contribution is -3.06. The van der Waals surface area contributed by atoms with Gasteiger partial charge in [0, 0.05) is 6.42 Å². The molecule has 0 saturated heterocycles. The summed E-state index contributed by atoms with van der Waals surface area (Å²) in [6, 6.07) is 11.7. The zero-order chi connectivity index (χ0) is 23.3. The molecule has 0 aliphatic heterocycles. The average Bonchev–Trinajstić information content (AvgIpc) is 3.16. The third-order valence-electron chi connectivity index (χ3n) is 4.99. The van der Waals surface area contributed by atoms with Gasteiger partial charge in [0.1, 0.15) is 6.04 Å². The van der Waals surface area contributed by atoms with Crippen LogP contribution in [0.2, 0.25) is 0 Å². The molecule has 1 amide bonds. The first-order chi connectivity index (χ1) is 15.3. The summed E-state index contributed by atoms with van der Waals surface area (Å²) in [5, 5.41) is 11.5. The van der Waals surface area contributed by atoms with Crippen LogP contribution in [0.4, 0.5) is 18.9 Å². The van der Waals surface area contributed by atoms with Crippen molar-refractivity contribution in [2.24, 2.45) is 0 Å². The van der Waals surface area contributed by atoms with E-state index in [4.69, 9.17) is 0 Å². The highest BCUT2D eigenvalue weighted by molar-refractivity contribution is 7.99. The number of nitrogens with zero attached hydrogens (tertiary/aromatic N) is 3. The zero-order valence-corrected chi connectivity index (χ0v) is 18.8. The number of benzene rings is 2. The molecular weight excluding hydrogens is 439 g/mol. The number of hydrogen-bond donors (Lipinski definition) is 2. The highest BCUT2D eigenvalue weighted by atomic mass is 32.2. The summed E-state index contributed by atoms with van der Waals surface area (Å²) in [4.78, 5) is 13.5. The highest BCUT2D eigenvalue weighted by Gasteiger charge is 2.25. The first-order valence-corrected chi connectivity index (χ1v) is 11.1. The highest BCUT2D eigenvalue weighted by Crippen LogP contribution is 2.24. The molecule has 10 heteroatoms. The maximum Gasteiger partial charge on any atom is 0.234 e. The van der Waals surface area contributed by atoms with Crippen molar-refractivity contribution in [2.45, 2.75) is 31.1 Å². The number of quaternary nitrogens is 1. The number of anilines is 1. The Bertz CT molecular complexity index is 1070. The van der Waals surface area contributed by atoms with E-state index in [0.717, 1.165) is 41.7 Å². The molecule has 3 aromatic rings. The fraction of sp³-hybridized carbons (Fsp3) is 0.318. The van der Waals surface area contributed by atoms with Crippen LogP contribution in [0.3, 0.4) is 0 Å². The van der Waals surface area contributed by atoms with Crippen molar-refractivity contribution in [2.75, 3.05) is 25.2 Å². The molecule has 1 atom stereocenters. The molecule has 0 radical (unpaired) electrons. The molecule has 0 aliphatic carbocycles. The number of aromatic nitrogens is 3. The second-order valence-corrected chi connectivity index (χ2v) is 8.45. The van der Waals surface area contributed by atoms with E-state index in [9.17, 15) is 18.0 Å². The predicted octanol–water partition coefficient (Wildman–Crippen LogP) is 3.07. The van der Waals surface area contributed by atoms with Crippen molar-refractivity contribution >= 4 is 23.4 Å². The van der Waals surface area contributed by atoms with Crippen LogP contribution in [0.15, 0.2) is 47.6 Å². The van der Waals surface area contributed by atoms with E-state index in [1.165, 1.54) is 4.90 Å². The SMILES string of the molecule is CC[C@@H](c1nnc(SCC(=O)Nc2ccc(F)c(F)c2F)n1Cc1ccccc1)[NH+](C)C. The van der Waals surface area contributed by atoms with Crippen molar-refractivity contribution in [3.63, 3.8) is 0 Å². The van der Waals surface area contributed by atoms with Gasteiger partial charge in [0.2, 0.25) is 5.91 Å². The monoisotopic (exact) mass is 464 g/mol. The quantitative estimate of drug-likeness (QED) is 0.377. The van der Waals surface area contributed by atoms with E-state index < -0.39 is 29.0 Å². The topological polar surface area (TPSA) is 64.2 Å². The second kappa shape index (κ2) is 10.6. The molecule has 32 heavy (non-hydrogen) atoms. The van der Waals surface area contributed by atoms with Gasteiger partial charge in [0.15, 0.2) is 28.4 Å². The standard InChI is InChI=1S/C22H24F3N5OS/c1-4-17(29(2)3)21-27-28-22(30(21)12-14-8-6-5-7-9-14)32-13-18(31)26-16-11-10-15(23)19(24)20(16)25/h5-11,17H,4,12-13H2,1-3H3,(H,26,31)/p+1/t17-/m0/s1. The molecule has 2 aromatic carbocycles. The molecule has 0 saturated carbocycles. The van der Waals surface area contributed by atoms with Crippen molar-refractivity contribution in [3.05, 3.63) is 71.3 Å². The van der Waals surface area contributed by atoms with Crippen LogP contribution in [0, 0.1) is 17.5 Å². The summed E-state index contributed by atoms with van der Waals surface area (Å²) in [5.74, 6) is -4.23. The van der Waals surface area contributed by atoms with Crippen LogP contribution < -0.4 is 10.2 Å². The number of nitrogens with one attached hydrogen (secondary N) is 2. The van der Waals surface area contributed by atoms with Gasteiger partial charge in [-0.1, -0.05) is 49.0 Å². The molecule has 170 valence electrons. The number of thioether (sulfide) groups is 1. The van der Waals surface area contributed by atoms with Crippen molar-refractivity contribution in [3.8, 4) is 0 Å². The van der Waals surface area contributed by atoms with Gasteiger partial charge in [-0.3, -0.25) is 9.36 Å². The van der Waals surface area contributed by atoms with Crippen molar-refractivity contribution in [1.29, 1.82) is 0 Å². The Kier molecular flexibility index (Phi) is 7.92. The number of halogens is 3. The fourth-order valence-electron chi connectivity index (χ4n) is 3.37. The summed E-state index contributed by atoms with van der Waals surface area (Å²) in [7, 11) is 4.10. The summed E-state index contributed by atoms with van der Waals surface area (Å²) in [6.07, 6.45) is 0.857. The van der Waals surface area contributed by atoms with Gasteiger partial charge in [-0.25, -0.2) is 13.2 Å². The van der Waals surface area contributed by atoms with E-state index in [1.54, 1.807) is 0 Å². The number of amides is 1. The number of carbonyl (C=O) groups excluding carboxylic acids is 1. The van der Waals surface area contributed by atoms with Crippen LogP contribution in [0.25, 0.3) is 0 Å². The molecule has 6 nitrogen and oxygen atoms in total. The maximum atomic E-state index is 13.8. The third kappa shape index (κ3) is 5.49. The Morgan fingerprint density at radius 2 is 1.81 bits per heavy atom. The Labute approximate surface area is 188 Å². The van der Waals surface area contributed by atoms with Crippen LogP contribution in [0.1, 0.15) is 30.8 Å². The first kappa shape index (κ1) is 23.8. The molecule has 3 rings (SSSR count). The first-order valence-electron chi connectivity index (χ1n) is 10.1. The molecule has 1 heterocycles. The van der Waals surface area contributed by atoms with Crippen LogP contribution in [-0.4, -0.2) is 40.5 Å². The van der Waals surface area contributed by atoms with Gasteiger partial charge in [-0.05, 0) is 17.7 Å². The lowest BCUT2D eigenvalue weighted by Gasteiger charge is -2.20. The van der Waals surface area contributed by atoms with Gasteiger partial charge in [0.25, 0.3) is 0 Å². The van der Waals surface area contributed by atoms with E-state index in [0.29, 0.717) is 11.7 Å². The minimum Gasteiger partial charge on any atom is -0.331 e. The Hall–Kier alpha value is -2.85. The maximum absolute atomic E-state index is 13.8. The molecule has 0 unspecified atom stereocenters. The predicted molar refractivity (Wildman–Crippen MR) is 117 cm³/mol. The fourth-order valence-corrected chi connectivity index (χ4v) is 4.11. The molecule has 1 aromatic heterocycles. The number of carbonyl (C=O) groups is 1. The van der Waals surface area contributed by atoms with Gasteiger partial charge in [-0.15, -0.1) is 10.2 Å². The lowest BCUT2D eigenvalue weighted by atomic mass is 10.2. The number of hydrogen-bond acceptors (Lipinski definition) is 4. The van der Waals surface area contributed by atoms with E-state index in [2.05, 4.69) is 22.4 Å². The summed E-state index contributed by atoms with van der Waals surface area (Å²) >= 11 is 1.15. The van der Waals surface area contributed by atoms with Crippen LogP contribution in [-0.2, 0) is 11.3 Å². The largest absolute Gasteiger partial charge is 0.331 e. The van der Waals surface area contributed by atoms with E-state index in [-0.39, 0.29) is 11.8 Å². The Morgan fingerprint density at radius 3 is 2.47 bits per heavy atom. The summed E-state index contributed by atoms with van der Waals surface area (Å²) in [5.41, 5.74) is 0.649. The Balaban J connectivity index is 1.79. The normalized spacial score (nSPS) is 12.2. The van der Waals surface area contributed by atoms with Gasteiger partial charge >= 0.3 is 0 Å². The van der Waals surface area contributed by atoms with Crippen LogP contribution >= 0.6 is 11.8 Å². The molecule has 0 aliphatic rings. The second-order valence-electron chi connectivity index (χ2n) is 7.51. The molecular formula is C22H25F3N5OS+. The van der Waals surface area contributed by atoms with E-state index in [1.807, 2.05) is 49.0 Å². The average molecular weight is 465 g/mol. The minimum absolute atomic E-state index is 0.100. The minimum atomic E-state index is -1.63. The molecule has 2 N–H and O–H groups in total. The van der Waals surface area contributed by atoms with E-state index >= 15 is 0 Å². The number of rotatable bonds is 9. The molecule has 0 fully saturated rings. The van der Waals surface area contributed by atoms with Gasteiger partial charge < -0.3 is 10.2 Å². The summed E-state index contributed by atoms with van der Waals surface area (Å²) < 4.78 is 42.3. The van der Waals surface area contributed by atoms with Gasteiger partial charge in [0.05, 0.1) is 32.1 Å². The Morgan fingerprint density at radius 1 is 1.09 bits per heavy atom. The lowest BCUT2D eigenvalue weighted by molar-refractivity contribution is -0.893. The molecule has 0 bridgehead atoms. The van der Waals surface area contributed by atoms with Crippen LogP contribution in [0.5, 0.6) is 0 Å². The zero-order valence-electron chi connectivity index (χ0n) is 18.0. The van der Waals surface area contributed by atoms with Gasteiger partial charge in [-0.2, -0.15) is 0 Å². The third-order valence-corrected chi connectivity index (χ3v) is 5.95. The van der Waals surface area contributed by atoms with Crippen molar-refractivity contribution in [1.82, 2.24) is 14.8 Å². The van der Waals surface area contributed by atoms with Crippen molar-refractivity contribution < 1.29 is 22.9 Å².